The van der Waals surface area contributed by atoms with Crippen LogP contribution in [0.1, 0.15) is 0 Å². The van der Waals surface area contributed by atoms with E-state index in [9.17, 15) is 0 Å². The minimum Gasteiger partial charge on any atom is -0.455 e. The molecule has 0 aliphatic carbocycles. The first kappa shape index (κ1) is 38.6. The second-order valence-electron chi connectivity index (χ2n) is 18.2. The number of para-hydroxylation sites is 2. The van der Waals surface area contributed by atoms with E-state index in [2.05, 4.69) is 211 Å². The lowest BCUT2D eigenvalue weighted by Gasteiger charge is -2.18. The first-order valence-corrected chi connectivity index (χ1v) is 23.8. The number of nitrogens with zero attached hydrogens (tertiary/aromatic N) is 4. The van der Waals surface area contributed by atoms with Crippen LogP contribution in [-0.2, 0) is 0 Å². The van der Waals surface area contributed by atoms with Crippen molar-refractivity contribution in [2.24, 2.45) is 0 Å². The number of fused-ring (bicyclic) bond motifs is 15. The number of furan rings is 1. The van der Waals surface area contributed by atoms with Crippen molar-refractivity contribution in [3.05, 3.63) is 231 Å². The molecule has 0 bridgehead atoms. The van der Waals surface area contributed by atoms with E-state index in [-0.39, 0.29) is 0 Å². The Bertz CT molecular complexity index is 4620. The summed E-state index contributed by atoms with van der Waals surface area (Å²) in [6, 6.07) is 82.2. The third-order valence-corrected chi connectivity index (χ3v) is 14.4. The fraction of sp³-hybridized carbons (Fsp3) is 0. The lowest BCUT2D eigenvalue weighted by atomic mass is 9.91. The van der Waals surface area contributed by atoms with Gasteiger partial charge in [0.2, 0.25) is 0 Å². The van der Waals surface area contributed by atoms with Crippen LogP contribution in [0.4, 0.5) is 0 Å². The summed E-state index contributed by atoms with van der Waals surface area (Å²) < 4.78 is 9.29. The van der Waals surface area contributed by atoms with Crippen molar-refractivity contribution in [1.82, 2.24) is 19.5 Å². The third-order valence-electron chi connectivity index (χ3n) is 14.4. The Morgan fingerprint density at radius 3 is 1.64 bits per heavy atom. The van der Waals surface area contributed by atoms with Crippen molar-refractivity contribution in [2.75, 3.05) is 0 Å². The van der Waals surface area contributed by atoms with E-state index >= 15 is 0 Å². The van der Waals surface area contributed by atoms with Crippen molar-refractivity contribution in [3.63, 3.8) is 0 Å². The Labute approximate surface area is 401 Å². The summed E-state index contributed by atoms with van der Waals surface area (Å²) in [5.41, 5.74) is 9.84. The van der Waals surface area contributed by atoms with Gasteiger partial charge in [0.1, 0.15) is 11.2 Å². The predicted octanol–water partition coefficient (Wildman–Crippen LogP) is 17.3. The predicted molar refractivity (Wildman–Crippen MR) is 291 cm³/mol. The molecule has 15 rings (SSSR count). The lowest BCUT2D eigenvalue weighted by Crippen LogP contribution is -2.02. The zero-order chi connectivity index (χ0) is 45.9. The second kappa shape index (κ2) is 15.0. The molecule has 3 aromatic heterocycles. The zero-order valence-corrected chi connectivity index (χ0v) is 37.6. The van der Waals surface area contributed by atoms with Gasteiger partial charge in [-0.05, 0) is 97.2 Å². The van der Waals surface area contributed by atoms with E-state index in [1.165, 1.54) is 37.7 Å². The lowest BCUT2D eigenvalue weighted by molar-refractivity contribution is 0.673. The molecule has 0 unspecified atom stereocenters. The summed E-state index contributed by atoms with van der Waals surface area (Å²) in [5, 5.41) is 16.1. The highest BCUT2D eigenvalue weighted by molar-refractivity contribution is 6.28. The summed E-state index contributed by atoms with van der Waals surface area (Å²) in [6.45, 7) is 0. The number of aromatic nitrogens is 4. The fourth-order valence-electron chi connectivity index (χ4n) is 11.3. The molecule has 0 aliphatic rings. The molecule has 3 heterocycles. The molecule has 5 heteroatoms. The Hall–Kier alpha value is -9.45. The Kier molecular flexibility index (Phi) is 8.29. The highest BCUT2D eigenvalue weighted by atomic mass is 16.3. The molecule has 0 radical (unpaired) electrons. The summed E-state index contributed by atoms with van der Waals surface area (Å²) in [6.07, 6.45) is 0. The van der Waals surface area contributed by atoms with Gasteiger partial charge >= 0.3 is 0 Å². The van der Waals surface area contributed by atoms with Crippen LogP contribution in [0.2, 0.25) is 0 Å². The summed E-state index contributed by atoms with van der Waals surface area (Å²) in [4.78, 5) is 16.2. The fourth-order valence-corrected chi connectivity index (χ4v) is 11.3. The highest BCUT2D eigenvalue weighted by Crippen LogP contribution is 2.46. The van der Waals surface area contributed by atoms with Crippen LogP contribution in [0.5, 0.6) is 0 Å². The van der Waals surface area contributed by atoms with E-state index < -0.39 is 0 Å². The maximum atomic E-state index is 6.84. The quantitative estimate of drug-likeness (QED) is 0.162. The van der Waals surface area contributed by atoms with Crippen LogP contribution < -0.4 is 0 Å². The van der Waals surface area contributed by atoms with Crippen LogP contribution in [-0.4, -0.2) is 19.5 Å². The number of rotatable bonds is 5. The molecule has 5 nitrogen and oxygen atoms in total. The molecule has 0 spiro atoms. The van der Waals surface area contributed by atoms with E-state index in [4.69, 9.17) is 19.4 Å². The first-order valence-electron chi connectivity index (χ1n) is 23.8. The Morgan fingerprint density at radius 2 is 0.871 bits per heavy atom. The number of hydrogen-bond acceptors (Lipinski definition) is 4. The zero-order valence-electron chi connectivity index (χ0n) is 37.6. The molecular formula is C65H38N4O. The van der Waals surface area contributed by atoms with E-state index in [1.807, 2.05) is 24.3 Å². The van der Waals surface area contributed by atoms with Gasteiger partial charge in [-0.2, -0.15) is 0 Å². The van der Waals surface area contributed by atoms with Crippen LogP contribution in [0.25, 0.3) is 149 Å². The van der Waals surface area contributed by atoms with Gasteiger partial charge in [-0.1, -0.05) is 182 Å². The smallest absolute Gasteiger partial charge is 0.164 e. The molecule has 12 aromatic carbocycles. The van der Waals surface area contributed by atoms with Crippen LogP contribution in [0.15, 0.2) is 235 Å². The van der Waals surface area contributed by atoms with Crippen LogP contribution in [0.3, 0.4) is 0 Å². The van der Waals surface area contributed by atoms with Crippen molar-refractivity contribution < 1.29 is 4.42 Å². The minimum absolute atomic E-state index is 0.584. The van der Waals surface area contributed by atoms with E-state index in [0.29, 0.717) is 17.5 Å². The first-order chi connectivity index (χ1) is 34.7. The maximum absolute atomic E-state index is 6.84. The van der Waals surface area contributed by atoms with Crippen molar-refractivity contribution in [1.29, 1.82) is 0 Å². The molecular weight excluding hydrogens is 853 g/mol. The van der Waals surface area contributed by atoms with Gasteiger partial charge < -0.3 is 8.98 Å². The van der Waals surface area contributed by atoms with Crippen LogP contribution in [0, 0.1) is 0 Å². The standard InChI is InChI=1S/C65H38N4O/c1-2-17-39(18-3-1)63-66-64(68-65(67-63)52-30-16-29-50-47-24-9-8-23-45(47)46-25-10-11-27-49(46)60(50)52)43-33-34-57(69-56-31-14-12-26-48(56)53-35-40-19-4-5-20-41(40)38-58(53)69)54(37-43)55-36-42-21-6-7-22-44(42)62-61(55)51-28-13-15-32-59(51)70-62/h1-38H. The molecule has 324 valence electrons. The summed E-state index contributed by atoms with van der Waals surface area (Å²) >= 11 is 0. The average Bonchev–Trinajstić information content (AvgIpc) is 3.98. The van der Waals surface area contributed by atoms with Gasteiger partial charge in [0.25, 0.3) is 0 Å². The van der Waals surface area contributed by atoms with E-state index in [1.54, 1.807) is 0 Å². The normalized spacial score (nSPS) is 12.0. The minimum atomic E-state index is 0.584. The van der Waals surface area contributed by atoms with Crippen LogP contribution >= 0.6 is 0 Å². The average molecular weight is 891 g/mol. The molecule has 0 atom stereocenters. The molecule has 15 aromatic rings. The Morgan fingerprint density at radius 1 is 0.300 bits per heavy atom. The maximum Gasteiger partial charge on any atom is 0.164 e. The molecule has 0 aliphatic heterocycles. The third kappa shape index (κ3) is 5.76. The molecule has 0 N–H and O–H groups in total. The van der Waals surface area contributed by atoms with Gasteiger partial charge in [-0.15, -0.1) is 0 Å². The van der Waals surface area contributed by atoms with Gasteiger partial charge in [-0.25, -0.2) is 15.0 Å². The Balaban J connectivity index is 1.06. The molecule has 70 heavy (non-hydrogen) atoms. The molecule has 0 saturated carbocycles. The van der Waals surface area contributed by atoms with Crippen molar-refractivity contribution >= 4 is 97.6 Å². The second-order valence-corrected chi connectivity index (χ2v) is 18.2. The van der Waals surface area contributed by atoms with Gasteiger partial charge in [0.15, 0.2) is 17.5 Å². The largest absolute Gasteiger partial charge is 0.455 e. The highest BCUT2D eigenvalue weighted by Gasteiger charge is 2.24. The van der Waals surface area contributed by atoms with Crippen molar-refractivity contribution in [3.8, 4) is 51.0 Å². The van der Waals surface area contributed by atoms with Gasteiger partial charge in [0, 0.05) is 54.6 Å². The molecule has 0 amide bonds. The number of hydrogen-bond donors (Lipinski definition) is 0. The van der Waals surface area contributed by atoms with Gasteiger partial charge in [0.05, 0.1) is 16.7 Å². The molecule has 0 saturated heterocycles. The van der Waals surface area contributed by atoms with E-state index in [0.717, 1.165) is 93.4 Å². The monoisotopic (exact) mass is 890 g/mol. The summed E-state index contributed by atoms with van der Waals surface area (Å²) in [5.74, 6) is 1.81. The summed E-state index contributed by atoms with van der Waals surface area (Å²) in [7, 11) is 0. The topological polar surface area (TPSA) is 56.7 Å². The SMILES string of the molecule is c1ccc(-c2nc(-c3ccc(-n4c5ccccc5c5cc6ccccc6cc54)c(-c4cc5ccccc5c5oc6ccccc6c45)c3)nc(-c3cccc4c5ccccc5c5ccccc5c34)n2)cc1. The van der Waals surface area contributed by atoms with Gasteiger partial charge in [-0.3, -0.25) is 0 Å². The molecule has 0 fully saturated rings. The number of benzene rings is 12. The van der Waals surface area contributed by atoms with Crippen molar-refractivity contribution in [2.45, 2.75) is 0 Å².